The van der Waals surface area contributed by atoms with Gasteiger partial charge in [-0.1, -0.05) is 0 Å². The van der Waals surface area contributed by atoms with E-state index in [2.05, 4.69) is 15.7 Å². The Morgan fingerprint density at radius 2 is 2.03 bits per heavy atom. The lowest BCUT2D eigenvalue weighted by atomic mass is 9.79. The van der Waals surface area contributed by atoms with Crippen molar-refractivity contribution in [2.45, 2.75) is 37.3 Å². The molecule has 1 fully saturated rings. The first kappa shape index (κ1) is 21.2. The van der Waals surface area contributed by atoms with Gasteiger partial charge in [-0.2, -0.15) is 5.10 Å². The number of nitrogens with one attached hydrogen (secondary N) is 2. The summed E-state index contributed by atoms with van der Waals surface area (Å²) in [4.78, 5) is 12.0. The van der Waals surface area contributed by atoms with Gasteiger partial charge < -0.3 is 26.8 Å². The number of carbonyl (C=O) groups excluding carboxylic acids is 1. The number of carbonyl (C=O) groups is 1. The quantitative estimate of drug-likeness (QED) is 0.472. The molecular weight excluding hydrogens is 375 g/mol. The van der Waals surface area contributed by atoms with Crippen LogP contribution in [0.2, 0.25) is 0 Å². The molecule has 0 bridgehead atoms. The minimum absolute atomic E-state index is 0.280. The Morgan fingerprint density at radius 1 is 1.34 bits per heavy atom. The molecular formula is C20H29FN6O2. The van der Waals surface area contributed by atoms with E-state index in [1.165, 1.54) is 12.1 Å². The number of methoxy groups -OCH3 is 1. The number of rotatable bonds is 9. The fourth-order valence-electron chi connectivity index (χ4n) is 3.81. The molecule has 1 saturated carbocycles. The third-order valence-corrected chi connectivity index (χ3v) is 5.61. The summed E-state index contributed by atoms with van der Waals surface area (Å²) < 4.78 is 20.0. The Labute approximate surface area is 169 Å². The van der Waals surface area contributed by atoms with E-state index >= 15 is 0 Å². The van der Waals surface area contributed by atoms with Crippen LogP contribution in [0, 0.1) is 5.82 Å². The van der Waals surface area contributed by atoms with Crippen LogP contribution >= 0.6 is 0 Å². The predicted octanol–water partition coefficient (Wildman–Crippen LogP) is 1.70. The van der Waals surface area contributed by atoms with Gasteiger partial charge in [0.1, 0.15) is 11.4 Å². The lowest BCUT2D eigenvalue weighted by Gasteiger charge is -2.40. The van der Waals surface area contributed by atoms with Gasteiger partial charge in [0.25, 0.3) is 5.91 Å². The van der Waals surface area contributed by atoms with Crippen molar-refractivity contribution in [3.8, 4) is 0 Å². The standard InChI is InChI=1S/C20H29FN6O2/c1-29-11-10-24-15-6-8-20(13-22,9-7-15)27-12-17(18(23)28)19(26-27)25-16-4-2-14(21)3-5-16/h2-5,12,15,24H,6-11,13,22H2,1H3,(H2,23,28)(H,25,26). The highest BCUT2D eigenvalue weighted by Crippen LogP contribution is 2.35. The van der Waals surface area contributed by atoms with Crippen LogP contribution in [0.5, 0.6) is 0 Å². The van der Waals surface area contributed by atoms with Gasteiger partial charge >= 0.3 is 0 Å². The molecule has 1 aliphatic rings. The number of nitrogens with zero attached hydrogens (tertiary/aromatic N) is 2. The molecule has 9 heteroatoms. The van der Waals surface area contributed by atoms with Crippen LogP contribution in [0.3, 0.4) is 0 Å². The van der Waals surface area contributed by atoms with Crippen molar-refractivity contribution in [2.24, 2.45) is 11.5 Å². The van der Waals surface area contributed by atoms with Crippen LogP contribution in [-0.4, -0.2) is 48.5 Å². The Kier molecular flexibility index (Phi) is 6.83. The normalized spacial score (nSPS) is 21.8. The molecule has 0 aliphatic heterocycles. The van der Waals surface area contributed by atoms with Crippen molar-refractivity contribution >= 4 is 17.4 Å². The van der Waals surface area contributed by atoms with Crippen molar-refractivity contribution < 1.29 is 13.9 Å². The smallest absolute Gasteiger partial charge is 0.254 e. The monoisotopic (exact) mass is 404 g/mol. The fourth-order valence-corrected chi connectivity index (χ4v) is 3.81. The van der Waals surface area contributed by atoms with Gasteiger partial charge in [-0.3, -0.25) is 9.48 Å². The molecule has 1 aromatic carbocycles. The van der Waals surface area contributed by atoms with Gasteiger partial charge in [0.15, 0.2) is 5.82 Å². The molecule has 29 heavy (non-hydrogen) atoms. The van der Waals surface area contributed by atoms with E-state index in [0.717, 1.165) is 32.2 Å². The topological polar surface area (TPSA) is 120 Å². The molecule has 158 valence electrons. The van der Waals surface area contributed by atoms with Crippen LogP contribution in [0.15, 0.2) is 30.5 Å². The molecule has 1 aromatic heterocycles. The zero-order valence-electron chi connectivity index (χ0n) is 16.7. The van der Waals surface area contributed by atoms with Crippen LogP contribution in [0.1, 0.15) is 36.0 Å². The summed E-state index contributed by atoms with van der Waals surface area (Å²) in [7, 11) is 1.69. The first-order valence-corrected chi connectivity index (χ1v) is 9.82. The summed E-state index contributed by atoms with van der Waals surface area (Å²) in [5.41, 5.74) is 12.3. The molecule has 8 nitrogen and oxygen atoms in total. The summed E-state index contributed by atoms with van der Waals surface area (Å²) >= 11 is 0. The summed E-state index contributed by atoms with van der Waals surface area (Å²) in [5.74, 6) is -0.575. The number of primary amides is 1. The number of hydrogen-bond donors (Lipinski definition) is 4. The van der Waals surface area contributed by atoms with Crippen LogP contribution < -0.4 is 22.1 Å². The summed E-state index contributed by atoms with van der Waals surface area (Å²) in [6.45, 7) is 1.90. The third-order valence-electron chi connectivity index (χ3n) is 5.61. The van der Waals surface area contributed by atoms with Crippen LogP contribution in [0.25, 0.3) is 0 Å². The van der Waals surface area contributed by atoms with E-state index in [0.29, 0.717) is 30.7 Å². The van der Waals surface area contributed by atoms with Crippen molar-refractivity contribution in [1.82, 2.24) is 15.1 Å². The Hall–Kier alpha value is -2.49. The van der Waals surface area contributed by atoms with Gasteiger partial charge in [0.05, 0.1) is 12.1 Å². The first-order valence-electron chi connectivity index (χ1n) is 9.82. The minimum atomic E-state index is -0.581. The highest BCUT2D eigenvalue weighted by atomic mass is 19.1. The number of halogens is 1. The Balaban J connectivity index is 1.78. The van der Waals surface area contributed by atoms with E-state index in [1.54, 1.807) is 30.1 Å². The molecule has 1 amide bonds. The number of nitrogens with two attached hydrogens (primary N) is 2. The van der Waals surface area contributed by atoms with E-state index < -0.39 is 5.91 Å². The molecule has 3 rings (SSSR count). The Morgan fingerprint density at radius 3 is 2.62 bits per heavy atom. The van der Waals surface area contributed by atoms with E-state index in [1.807, 2.05) is 0 Å². The maximum absolute atomic E-state index is 13.2. The minimum Gasteiger partial charge on any atom is -0.383 e. The second-order valence-electron chi connectivity index (χ2n) is 7.48. The molecule has 0 spiro atoms. The molecule has 1 aliphatic carbocycles. The van der Waals surface area contributed by atoms with Crippen LogP contribution in [-0.2, 0) is 10.3 Å². The van der Waals surface area contributed by atoms with Gasteiger partial charge in [-0.05, 0) is 49.9 Å². The lowest BCUT2D eigenvalue weighted by molar-refractivity contribution is 0.1000. The van der Waals surface area contributed by atoms with Gasteiger partial charge in [-0.25, -0.2) is 4.39 Å². The second kappa shape index (κ2) is 9.34. The van der Waals surface area contributed by atoms with Crippen molar-refractivity contribution in [1.29, 1.82) is 0 Å². The lowest BCUT2D eigenvalue weighted by Crippen LogP contribution is -2.48. The first-order chi connectivity index (χ1) is 14.0. The summed E-state index contributed by atoms with van der Waals surface area (Å²) in [6, 6.07) is 6.24. The maximum Gasteiger partial charge on any atom is 0.254 e. The van der Waals surface area contributed by atoms with Crippen molar-refractivity contribution in [3.63, 3.8) is 0 Å². The maximum atomic E-state index is 13.2. The fraction of sp³-hybridized carbons (Fsp3) is 0.500. The average molecular weight is 404 g/mol. The molecule has 2 aromatic rings. The van der Waals surface area contributed by atoms with E-state index in [9.17, 15) is 9.18 Å². The number of anilines is 2. The number of hydrogen-bond acceptors (Lipinski definition) is 6. The third kappa shape index (κ3) is 4.92. The van der Waals surface area contributed by atoms with Gasteiger partial charge in [-0.15, -0.1) is 0 Å². The molecule has 0 radical (unpaired) electrons. The van der Waals surface area contributed by atoms with Crippen molar-refractivity contribution in [2.75, 3.05) is 32.1 Å². The molecule has 0 unspecified atom stereocenters. The highest BCUT2D eigenvalue weighted by molar-refractivity contribution is 5.98. The number of aromatic nitrogens is 2. The highest BCUT2D eigenvalue weighted by Gasteiger charge is 2.37. The number of ether oxygens (including phenoxy) is 1. The molecule has 0 atom stereocenters. The molecule has 1 heterocycles. The Bertz CT molecular complexity index is 815. The van der Waals surface area contributed by atoms with Gasteiger partial charge in [0, 0.05) is 38.1 Å². The second-order valence-corrected chi connectivity index (χ2v) is 7.48. The van der Waals surface area contributed by atoms with E-state index in [4.69, 9.17) is 16.2 Å². The number of benzene rings is 1. The predicted molar refractivity (Wildman–Crippen MR) is 110 cm³/mol. The van der Waals surface area contributed by atoms with Crippen LogP contribution in [0.4, 0.5) is 15.9 Å². The van der Waals surface area contributed by atoms with Crippen molar-refractivity contribution in [3.05, 3.63) is 41.8 Å². The summed E-state index contributed by atoms with van der Waals surface area (Å²) in [6.07, 6.45) is 5.24. The molecule has 0 saturated heterocycles. The average Bonchev–Trinajstić information content (AvgIpc) is 3.15. The summed E-state index contributed by atoms with van der Waals surface area (Å²) in [5, 5.41) is 11.2. The zero-order chi connectivity index (χ0) is 20.9. The number of amides is 1. The van der Waals surface area contributed by atoms with E-state index in [-0.39, 0.29) is 16.9 Å². The largest absolute Gasteiger partial charge is 0.383 e. The SMILES string of the molecule is COCCNC1CCC(CN)(n2cc(C(N)=O)c(Nc3ccc(F)cc3)n2)CC1. The molecule has 6 N–H and O–H groups in total. The zero-order valence-corrected chi connectivity index (χ0v) is 16.7. The van der Waals surface area contributed by atoms with Gasteiger partial charge in [0.2, 0.25) is 0 Å².